The molecule has 0 aliphatic carbocycles. The van der Waals surface area contributed by atoms with Gasteiger partial charge in [-0.25, -0.2) is 0 Å². The Labute approximate surface area is 368 Å². The number of unbranched alkanes of at least 4 members (excludes halogenated alkanes) is 13. The fraction of sp³-hybridized carbons (Fsp3) is 0.593. The fourth-order valence-corrected chi connectivity index (χ4v) is 6.35. The molecule has 6 nitrogen and oxygen atoms in total. The molecule has 0 fully saturated rings. The molecular weight excluding hydrogens is 743 g/mol. The highest BCUT2D eigenvalue weighted by molar-refractivity contribution is 5.77. The van der Waals surface area contributed by atoms with Crippen molar-refractivity contribution in [2.24, 2.45) is 0 Å². The van der Waals surface area contributed by atoms with Crippen LogP contribution in [0.1, 0.15) is 181 Å². The molecule has 0 heterocycles. The predicted octanol–water partition coefficient (Wildman–Crippen LogP) is 14.1. The number of carbonyl (C=O) groups excluding carboxylic acids is 2. The summed E-state index contributed by atoms with van der Waals surface area (Å²) in [7, 11) is 0. The third kappa shape index (κ3) is 41.0. The van der Waals surface area contributed by atoms with Crippen LogP contribution >= 0.6 is 0 Å². The predicted molar refractivity (Wildman–Crippen MR) is 259 cm³/mol. The van der Waals surface area contributed by atoms with Crippen LogP contribution in [0, 0.1) is 0 Å². The van der Waals surface area contributed by atoms with Crippen molar-refractivity contribution in [2.75, 3.05) is 6.61 Å². The number of esters is 1. The van der Waals surface area contributed by atoms with E-state index in [-0.39, 0.29) is 24.9 Å². The van der Waals surface area contributed by atoms with Gasteiger partial charge in [0.1, 0.15) is 6.10 Å². The minimum absolute atomic E-state index is 0.0264. The minimum Gasteiger partial charge on any atom is -0.461 e. The van der Waals surface area contributed by atoms with Crippen LogP contribution in [0.4, 0.5) is 0 Å². The first-order valence-corrected chi connectivity index (χ1v) is 23.8. The molecule has 0 aliphatic rings. The van der Waals surface area contributed by atoms with Gasteiger partial charge in [0.25, 0.3) is 0 Å². The van der Waals surface area contributed by atoms with Crippen LogP contribution in [0.25, 0.3) is 0 Å². The van der Waals surface area contributed by atoms with Crippen molar-refractivity contribution in [3.63, 3.8) is 0 Å². The average Bonchev–Trinajstić information content (AvgIpc) is 3.24. The lowest BCUT2D eigenvalue weighted by molar-refractivity contribution is -0.150. The van der Waals surface area contributed by atoms with Crippen molar-refractivity contribution in [1.29, 1.82) is 0 Å². The molecule has 0 saturated heterocycles. The number of hydrogen-bond donors (Lipinski definition) is 3. The van der Waals surface area contributed by atoms with E-state index in [0.29, 0.717) is 19.3 Å². The number of rotatable bonds is 40. The summed E-state index contributed by atoms with van der Waals surface area (Å²) in [6, 6.07) is -0.748. The Morgan fingerprint density at radius 1 is 0.533 bits per heavy atom. The second-order valence-electron chi connectivity index (χ2n) is 15.5. The quantitative estimate of drug-likeness (QED) is 0.0247. The van der Waals surface area contributed by atoms with E-state index in [1.54, 1.807) is 0 Å². The first kappa shape index (κ1) is 56.3. The molecule has 1 amide bonds. The largest absolute Gasteiger partial charge is 0.461 e. The zero-order valence-electron chi connectivity index (χ0n) is 38.3. The number of aliphatic hydroxyl groups excluding tert-OH is 2. The first-order valence-electron chi connectivity index (χ1n) is 23.8. The first-order chi connectivity index (χ1) is 29.5. The fourth-order valence-electron chi connectivity index (χ4n) is 6.35. The van der Waals surface area contributed by atoms with Crippen LogP contribution < -0.4 is 5.32 Å². The zero-order valence-corrected chi connectivity index (χ0v) is 38.3. The van der Waals surface area contributed by atoms with E-state index in [9.17, 15) is 19.8 Å². The smallest absolute Gasteiger partial charge is 0.306 e. The van der Waals surface area contributed by atoms with Gasteiger partial charge in [-0.1, -0.05) is 219 Å². The molecule has 0 rings (SSSR count). The normalized spacial score (nSPS) is 14.4. The summed E-state index contributed by atoms with van der Waals surface area (Å²) in [5.41, 5.74) is 0. The molecule has 3 N–H and O–H groups in total. The Kier molecular flexibility index (Phi) is 43.4. The number of ether oxygens (including phenoxy) is 1. The Balaban J connectivity index is 4.87. The van der Waals surface area contributed by atoms with Gasteiger partial charge in [-0.05, 0) is 64.2 Å². The zero-order chi connectivity index (χ0) is 43.8. The molecule has 6 heteroatoms. The van der Waals surface area contributed by atoms with E-state index >= 15 is 0 Å². The summed E-state index contributed by atoms with van der Waals surface area (Å²) >= 11 is 0. The van der Waals surface area contributed by atoms with Gasteiger partial charge in [0.15, 0.2) is 0 Å². The molecule has 0 aromatic carbocycles. The van der Waals surface area contributed by atoms with Crippen LogP contribution in [0.15, 0.2) is 122 Å². The van der Waals surface area contributed by atoms with Crippen molar-refractivity contribution in [1.82, 2.24) is 5.32 Å². The summed E-state index contributed by atoms with van der Waals surface area (Å²) < 4.78 is 5.83. The van der Waals surface area contributed by atoms with E-state index < -0.39 is 18.2 Å². The van der Waals surface area contributed by atoms with Crippen molar-refractivity contribution in [3.05, 3.63) is 122 Å². The molecular formula is C54H87NO5. The molecule has 338 valence electrons. The van der Waals surface area contributed by atoms with E-state index in [0.717, 1.165) is 83.5 Å². The number of carbonyl (C=O) groups is 2. The highest BCUT2D eigenvalue weighted by Gasteiger charge is 2.23. The minimum atomic E-state index is -0.826. The lowest BCUT2D eigenvalue weighted by Crippen LogP contribution is -2.46. The molecule has 0 bridgehead atoms. The van der Waals surface area contributed by atoms with Crippen LogP contribution in [-0.2, 0) is 14.3 Å². The summed E-state index contributed by atoms with van der Waals surface area (Å²) in [4.78, 5) is 26.0. The van der Waals surface area contributed by atoms with Gasteiger partial charge in [-0.2, -0.15) is 0 Å². The molecule has 0 radical (unpaired) electrons. The number of allylic oxidation sites excluding steroid dienone is 19. The Morgan fingerprint density at radius 3 is 1.53 bits per heavy atom. The maximum atomic E-state index is 13.1. The van der Waals surface area contributed by atoms with Crippen molar-refractivity contribution >= 4 is 11.9 Å². The van der Waals surface area contributed by atoms with Crippen molar-refractivity contribution in [3.8, 4) is 0 Å². The second-order valence-corrected chi connectivity index (χ2v) is 15.5. The Hall–Kier alpha value is -3.74. The molecule has 0 aromatic rings. The Morgan fingerprint density at radius 2 is 1.00 bits per heavy atom. The van der Waals surface area contributed by atoms with E-state index in [1.807, 2.05) is 60.8 Å². The standard InChI is InChI=1S/C54H87NO5/c1-4-7-10-13-16-19-22-24-26-28-31-33-36-39-42-45-50(60-54(59)47-44-41-38-35-32-29-27-25-23-20-17-14-11-8-5-2)48-53(58)55-51(49-56)52(57)46-43-40-37-34-30-21-18-15-12-9-6-3/h7-8,10-11,14,16-17,19-20,23-27,29,31-33,39,42,50-52,56-57H,4-6,9,12-13,15,18,21-22,28,30,34-38,40-41,43-49H2,1-3H3,(H,55,58)/b10-7-,11-8+,17-14+,19-16-,23-20-,26-24-,27-25-,32-29+,33-31-,42-39-. The summed E-state index contributed by atoms with van der Waals surface area (Å²) in [6.07, 6.45) is 64.1. The molecule has 0 spiro atoms. The Bertz CT molecular complexity index is 1300. The molecule has 0 aromatic heterocycles. The summed E-state index contributed by atoms with van der Waals surface area (Å²) in [6.45, 7) is 6.15. The van der Waals surface area contributed by atoms with Crippen LogP contribution in [0.2, 0.25) is 0 Å². The van der Waals surface area contributed by atoms with Gasteiger partial charge in [-0.15, -0.1) is 0 Å². The van der Waals surface area contributed by atoms with Gasteiger partial charge in [0, 0.05) is 12.8 Å². The highest BCUT2D eigenvalue weighted by Crippen LogP contribution is 2.15. The van der Waals surface area contributed by atoms with Gasteiger partial charge < -0.3 is 20.3 Å². The van der Waals surface area contributed by atoms with E-state index in [4.69, 9.17) is 4.74 Å². The van der Waals surface area contributed by atoms with Crippen LogP contribution in [0.3, 0.4) is 0 Å². The van der Waals surface area contributed by atoms with Crippen molar-refractivity contribution in [2.45, 2.75) is 200 Å². The summed E-state index contributed by atoms with van der Waals surface area (Å²) in [5, 5.41) is 23.6. The van der Waals surface area contributed by atoms with Gasteiger partial charge in [0.2, 0.25) is 5.91 Å². The lowest BCUT2D eigenvalue weighted by Gasteiger charge is -2.24. The third-order valence-electron chi connectivity index (χ3n) is 9.92. The van der Waals surface area contributed by atoms with Crippen molar-refractivity contribution < 1.29 is 24.5 Å². The molecule has 3 atom stereocenters. The molecule has 3 unspecified atom stereocenters. The van der Waals surface area contributed by atoms with Gasteiger partial charge >= 0.3 is 5.97 Å². The summed E-state index contributed by atoms with van der Waals surface area (Å²) in [5.74, 6) is -0.644. The van der Waals surface area contributed by atoms with Gasteiger partial charge in [-0.3, -0.25) is 9.59 Å². The maximum Gasteiger partial charge on any atom is 0.306 e. The highest BCUT2D eigenvalue weighted by atomic mass is 16.5. The molecule has 0 saturated carbocycles. The molecule has 60 heavy (non-hydrogen) atoms. The number of aliphatic hydroxyl groups is 2. The monoisotopic (exact) mass is 830 g/mol. The maximum absolute atomic E-state index is 13.1. The molecule has 0 aliphatic heterocycles. The lowest BCUT2D eigenvalue weighted by atomic mass is 10.0. The third-order valence-corrected chi connectivity index (χ3v) is 9.92. The number of hydrogen-bond acceptors (Lipinski definition) is 5. The van der Waals surface area contributed by atoms with E-state index in [1.165, 1.54) is 51.4 Å². The number of nitrogens with one attached hydrogen (secondary N) is 1. The van der Waals surface area contributed by atoms with Crippen LogP contribution in [0.5, 0.6) is 0 Å². The van der Waals surface area contributed by atoms with E-state index in [2.05, 4.69) is 86.8 Å². The number of amides is 1. The topological polar surface area (TPSA) is 95.9 Å². The average molecular weight is 830 g/mol. The van der Waals surface area contributed by atoms with Crippen LogP contribution in [-0.4, -0.2) is 46.9 Å². The second kappa shape index (κ2) is 46.3. The SMILES string of the molecule is CC/C=C\C/C=C\C/C=C\C/C=C\C/C=C\CC(CC(=O)NC(CO)C(O)CCCCCCCCCCCCC)OC(=O)CCCCC/C=C/C=C\C=C/C=C/C=C/CC. The van der Waals surface area contributed by atoms with Gasteiger partial charge in [0.05, 0.1) is 25.2 Å².